The van der Waals surface area contributed by atoms with Crippen LogP contribution >= 0.6 is 23.2 Å². The van der Waals surface area contributed by atoms with Crippen LogP contribution in [0.3, 0.4) is 0 Å². The maximum Gasteiger partial charge on any atom is 0.326 e. The maximum absolute atomic E-state index is 13.1. The zero-order valence-electron chi connectivity index (χ0n) is 15.8. The summed E-state index contributed by atoms with van der Waals surface area (Å²) in [4.78, 5) is 19.4. The van der Waals surface area contributed by atoms with E-state index in [0.717, 1.165) is 31.6 Å². The van der Waals surface area contributed by atoms with Gasteiger partial charge in [-0.05, 0) is 61.4 Å². The Morgan fingerprint density at radius 1 is 1.00 bits per heavy atom. The van der Waals surface area contributed by atoms with Crippen LogP contribution in [-0.2, 0) is 19.5 Å². The van der Waals surface area contributed by atoms with Gasteiger partial charge in [-0.15, -0.1) is 0 Å². The molecular weight excluding hydrogens is 409 g/mol. The lowest BCUT2D eigenvalue weighted by atomic mass is 10.2. The number of carbonyl (C=O) groups is 1. The summed E-state index contributed by atoms with van der Waals surface area (Å²) < 4.78 is 1.97. The second kappa shape index (κ2) is 8.84. The third kappa shape index (κ3) is 4.89. The summed E-state index contributed by atoms with van der Waals surface area (Å²) in [6.07, 6.45) is 4.34. The van der Waals surface area contributed by atoms with Crippen LogP contribution in [0.5, 0.6) is 0 Å². The Morgan fingerprint density at radius 2 is 1.69 bits per heavy atom. The van der Waals surface area contributed by atoms with Crippen molar-refractivity contribution in [2.75, 3.05) is 10.2 Å². The lowest BCUT2D eigenvalue weighted by Crippen LogP contribution is -2.35. The maximum atomic E-state index is 13.1. The Balaban J connectivity index is 1.59. The predicted octanol–water partition coefficient (Wildman–Crippen LogP) is 5.55. The molecule has 2 aromatic carbocycles. The molecule has 2 amide bonds. The minimum absolute atomic E-state index is 0.265. The molecule has 3 aromatic rings. The van der Waals surface area contributed by atoms with E-state index >= 15 is 0 Å². The first-order valence-corrected chi connectivity index (χ1v) is 10.4. The SMILES string of the molecule is O=C(Nc1ccc(Cl)cc1)N(Cc1nc2n(n1)CCCCC2)c1ccc(Cl)cc1. The second-order valence-electron chi connectivity index (χ2n) is 6.98. The Morgan fingerprint density at radius 3 is 2.41 bits per heavy atom. The molecule has 0 spiro atoms. The van der Waals surface area contributed by atoms with Gasteiger partial charge in [-0.25, -0.2) is 14.5 Å². The molecule has 1 aliphatic rings. The number of urea groups is 1. The molecule has 2 heterocycles. The highest BCUT2D eigenvalue weighted by Gasteiger charge is 2.21. The van der Waals surface area contributed by atoms with Gasteiger partial charge < -0.3 is 5.32 Å². The van der Waals surface area contributed by atoms with Gasteiger partial charge in [0, 0.05) is 34.4 Å². The van der Waals surface area contributed by atoms with Gasteiger partial charge in [0.25, 0.3) is 0 Å². The molecule has 0 saturated carbocycles. The summed E-state index contributed by atoms with van der Waals surface area (Å²) in [6, 6.07) is 13.9. The number of aryl methyl sites for hydroxylation is 2. The number of benzene rings is 2. The molecular formula is C21H21Cl2N5O. The number of amides is 2. The third-order valence-electron chi connectivity index (χ3n) is 4.84. The molecule has 0 saturated heterocycles. The van der Waals surface area contributed by atoms with Crippen LogP contribution in [0.25, 0.3) is 0 Å². The van der Waals surface area contributed by atoms with E-state index in [1.54, 1.807) is 41.3 Å². The zero-order chi connectivity index (χ0) is 20.2. The van der Waals surface area contributed by atoms with Crippen molar-refractivity contribution in [2.24, 2.45) is 0 Å². The fraction of sp³-hybridized carbons (Fsp3) is 0.286. The quantitative estimate of drug-likeness (QED) is 0.590. The van der Waals surface area contributed by atoms with Crippen LogP contribution in [0.4, 0.5) is 16.2 Å². The van der Waals surface area contributed by atoms with E-state index in [9.17, 15) is 4.79 Å². The fourth-order valence-electron chi connectivity index (χ4n) is 3.35. The van der Waals surface area contributed by atoms with E-state index < -0.39 is 0 Å². The lowest BCUT2D eigenvalue weighted by molar-refractivity contribution is 0.256. The van der Waals surface area contributed by atoms with Gasteiger partial charge in [0.1, 0.15) is 5.82 Å². The van der Waals surface area contributed by atoms with Gasteiger partial charge in [0.15, 0.2) is 5.82 Å². The van der Waals surface area contributed by atoms with Crippen LogP contribution in [0.2, 0.25) is 10.0 Å². The fourth-order valence-corrected chi connectivity index (χ4v) is 3.60. The van der Waals surface area contributed by atoms with Crippen LogP contribution in [0.15, 0.2) is 48.5 Å². The summed E-state index contributed by atoms with van der Waals surface area (Å²) in [6.45, 7) is 1.14. The summed E-state index contributed by atoms with van der Waals surface area (Å²) in [5.41, 5.74) is 1.37. The molecule has 6 nitrogen and oxygen atoms in total. The number of rotatable bonds is 4. The van der Waals surface area contributed by atoms with Crippen molar-refractivity contribution in [2.45, 2.75) is 38.8 Å². The molecule has 8 heteroatoms. The summed E-state index contributed by atoms with van der Waals surface area (Å²) >= 11 is 12.0. The number of anilines is 2. The average Bonchev–Trinajstić information content (AvgIpc) is 2.97. The largest absolute Gasteiger partial charge is 0.326 e. The third-order valence-corrected chi connectivity index (χ3v) is 5.34. The Labute approximate surface area is 179 Å². The second-order valence-corrected chi connectivity index (χ2v) is 7.85. The minimum Gasteiger partial charge on any atom is -0.308 e. The van der Waals surface area contributed by atoms with Crippen molar-refractivity contribution in [1.29, 1.82) is 0 Å². The first kappa shape index (κ1) is 19.7. The smallest absolute Gasteiger partial charge is 0.308 e. The Kier molecular flexibility index (Phi) is 6.02. The van der Waals surface area contributed by atoms with Gasteiger partial charge in [0.05, 0.1) is 6.54 Å². The molecule has 1 N–H and O–H groups in total. The van der Waals surface area contributed by atoms with E-state index in [1.807, 2.05) is 16.8 Å². The van der Waals surface area contributed by atoms with Crippen LogP contribution < -0.4 is 10.2 Å². The number of nitrogens with one attached hydrogen (secondary N) is 1. The predicted molar refractivity (Wildman–Crippen MR) is 116 cm³/mol. The number of hydrogen-bond donors (Lipinski definition) is 1. The van der Waals surface area contributed by atoms with E-state index in [-0.39, 0.29) is 12.6 Å². The molecule has 150 valence electrons. The van der Waals surface area contributed by atoms with Crippen molar-refractivity contribution < 1.29 is 4.79 Å². The Hall–Kier alpha value is -2.57. The highest BCUT2D eigenvalue weighted by Crippen LogP contribution is 2.22. The normalized spacial score (nSPS) is 13.4. The van der Waals surface area contributed by atoms with E-state index in [2.05, 4.69) is 15.4 Å². The highest BCUT2D eigenvalue weighted by atomic mass is 35.5. The topological polar surface area (TPSA) is 63.1 Å². The molecule has 0 atom stereocenters. The van der Waals surface area contributed by atoms with Crippen molar-refractivity contribution in [3.63, 3.8) is 0 Å². The molecule has 1 aliphatic heterocycles. The van der Waals surface area contributed by atoms with Gasteiger partial charge in [-0.1, -0.05) is 29.6 Å². The molecule has 0 unspecified atom stereocenters. The van der Waals surface area contributed by atoms with Crippen molar-refractivity contribution in [1.82, 2.24) is 14.8 Å². The van der Waals surface area contributed by atoms with Crippen LogP contribution in [0.1, 0.15) is 30.9 Å². The lowest BCUT2D eigenvalue weighted by Gasteiger charge is -2.22. The number of nitrogens with zero attached hydrogens (tertiary/aromatic N) is 4. The standard InChI is InChI=1S/C21H21Cl2N5O/c22-15-5-9-17(10-6-15)24-21(29)27(18-11-7-16(23)8-12-18)14-19-25-20-4-2-1-3-13-28(20)26-19/h5-12H,1-4,13-14H2,(H,24,29). The minimum atomic E-state index is -0.278. The highest BCUT2D eigenvalue weighted by molar-refractivity contribution is 6.31. The first-order chi connectivity index (χ1) is 14.1. The van der Waals surface area contributed by atoms with Gasteiger partial charge in [0.2, 0.25) is 0 Å². The molecule has 4 rings (SSSR count). The first-order valence-electron chi connectivity index (χ1n) is 9.61. The molecule has 0 radical (unpaired) electrons. The van der Waals surface area contributed by atoms with Crippen LogP contribution in [-0.4, -0.2) is 20.8 Å². The van der Waals surface area contributed by atoms with E-state index in [4.69, 9.17) is 23.2 Å². The zero-order valence-corrected chi connectivity index (χ0v) is 17.3. The summed E-state index contributed by atoms with van der Waals surface area (Å²) in [5.74, 6) is 1.62. The number of aromatic nitrogens is 3. The number of fused-ring (bicyclic) bond motifs is 1. The molecule has 0 fully saturated rings. The van der Waals surface area contributed by atoms with Crippen LogP contribution in [0, 0.1) is 0 Å². The molecule has 0 aliphatic carbocycles. The van der Waals surface area contributed by atoms with E-state index in [0.29, 0.717) is 27.2 Å². The van der Waals surface area contributed by atoms with Gasteiger partial charge in [-0.2, -0.15) is 5.10 Å². The molecule has 0 bridgehead atoms. The molecule has 1 aromatic heterocycles. The summed E-state index contributed by atoms with van der Waals surface area (Å²) in [7, 11) is 0. The van der Waals surface area contributed by atoms with Gasteiger partial charge >= 0.3 is 6.03 Å². The molecule has 29 heavy (non-hydrogen) atoms. The number of halogens is 2. The number of carbonyl (C=O) groups excluding carboxylic acids is 1. The van der Waals surface area contributed by atoms with Crippen molar-refractivity contribution in [3.05, 3.63) is 70.2 Å². The average molecular weight is 430 g/mol. The Bertz CT molecular complexity index is 962. The summed E-state index contributed by atoms with van der Waals surface area (Å²) in [5, 5.41) is 8.76. The van der Waals surface area contributed by atoms with E-state index in [1.165, 1.54) is 6.42 Å². The number of hydrogen-bond acceptors (Lipinski definition) is 3. The van der Waals surface area contributed by atoms with Crippen molar-refractivity contribution >= 4 is 40.6 Å². The van der Waals surface area contributed by atoms with Crippen molar-refractivity contribution in [3.8, 4) is 0 Å². The monoisotopic (exact) mass is 429 g/mol. The van der Waals surface area contributed by atoms with Gasteiger partial charge in [-0.3, -0.25) is 4.90 Å².